The number of hydrogen-bond donors (Lipinski definition) is 1. The summed E-state index contributed by atoms with van der Waals surface area (Å²) in [6.45, 7) is 9.70. The summed E-state index contributed by atoms with van der Waals surface area (Å²) in [5, 5.41) is 9.38. The Bertz CT molecular complexity index is 407. The summed E-state index contributed by atoms with van der Waals surface area (Å²) in [5.41, 5.74) is 1.94. The number of anilines is 1. The molecule has 0 aromatic carbocycles. The summed E-state index contributed by atoms with van der Waals surface area (Å²) < 4.78 is 5.36. The average molecular weight is 250 g/mol. The van der Waals surface area contributed by atoms with Crippen LogP contribution in [0.1, 0.15) is 32.0 Å². The molecule has 18 heavy (non-hydrogen) atoms. The topological polar surface area (TPSA) is 45.6 Å². The Morgan fingerprint density at radius 2 is 1.94 bits per heavy atom. The molecule has 0 atom stereocenters. The molecule has 0 aliphatic carbocycles. The summed E-state index contributed by atoms with van der Waals surface area (Å²) in [4.78, 5) is 6.96. The fourth-order valence-corrected chi connectivity index (χ4v) is 2.00. The predicted molar refractivity (Wildman–Crippen MR) is 71.9 cm³/mol. The van der Waals surface area contributed by atoms with E-state index in [1.165, 1.54) is 0 Å². The summed E-state index contributed by atoms with van der Waals surface area (Å²) in [5.74, 6) is 0.953. The van der Waals surface area contributed by atoms with Gasteiger partial charge in [-0.2, -0.15) is 0 Å². The molecule has 1 aromatic heterocycles. The highest BCUT2D eigenvalue weighted by Gasteiger charge is 2.20. The molecule has 2 rings (SSSR count). The summed E-state index contributed by atoms with van der Waals surface area (Å²) in [6.07, 6.45) is 0. The zero-order valence-corrected chi connectivity index (χ0v) is 11.4. The third kappa shape index (κ3) is 3.00. The Morgan fingerprint density at radius 3 is 2.50 bits per heavy atom. The average Bonchev–Trinajstić information content (AvgIpc) is 2.38. The molecule has 0 unspecified atom stereocenters. The molecule has 0 spiro atoms. The van der Waals surface area contributed by atoms with Gasteiger partial charge in [-0.25, -0.2) is 4.98 Å². The standard InChI is InChI=1S/C14H22N2O2/c1-14(2,3)12-8-11(10-17)9-13(15-12)16-4-6-18-7-5-16/h8-9,17H,4-7,10H2,1-3H3. The van der Waals surface area contributed by atoms with Crippen LogP contribution in [-0.2, 0) is 16.8 Å². The summed E-state index contributed by atoms with van der Waals surface area (Å²) in [7, 11) is 0. The second kappa shape index (κ2) is 5.24. The van der Waals surface area contributed by atoms with E-state index in [9.17, 15) is 5.11 Å². The van der Waals surface area contributed by atoms with Crippen molar-refractivity contribution in [2.75, 3.05) is 31.2 Å². The lowest BCUT2D eigenvalue weighted by molar-refractivity contribution is 0.122. The number of aliphatic hydroxyl groups is 1. The molecular formula is C14H22N2O2. The van der Waals surface area contributed by atoms with Gasteiger partial charge in [0.2, 0.25) is 0 Å². The number of hydrogen-bond acceptors (Lipinski definition) is 4. The van der Waals surface area contributed by atoms with Crippen molar-refractivity contribution in [1.29, 1.82) is 0 Å². The molecule has 1 N–H and O–H groups in total. The molecule has 0 saturated carbocycles. The monoisotopic (exact) mass is 250 g/mol. The van der Waals surface area contributed by atoms with Gasteiger partial charge in [0.25, 0.3) is 0 Å². The Kier molecular flexibility index (Phi) is 3.88. The van der Waals surface area contributed by atoms with Crippen LogP contribution in [0.2, 0.25) is 0 Å². The van der Waals surface area contributed by atoms with E-state index in [2.05, 4.69) is 25.7 Å². The molecule has 1 aliphatic rings. The fourth-order valence-electron chi connectivity index (χ4n) is 2.00. The normalized spacial score (nSPS) is 17.0. The SMILES string of the molecule is CC(C)(C)c1cc(CO)cc(N2CCOCC2)n1. The maximum Gasteiger partial charge on any atom is 0.129 e. The molecule has 1 aromatic rings. The minimum absolute atomic E-state index is 0.00772. The van der Waals surface area contributed by atoms with Gasteiger partial charge in [0.05, 0.1) is 19.8 Å². The lowest BCUT2D eigenvalue weighted by Gasteiger charge is -2.29. The first-order valence-corrected chi connectivity index (χ1v) is 6.46. The highest BCUT2D eigenvalue weighted by atomic mass is 16.5. The number of pyridine rings is 1. The molecule has 1 saturated heterocycles. The first kappa shape index (κ1) is 13.3. The molecule has 2 heterocycles. The first-order valence-electron chi connectivity index (χ1n) is 6.46. The van der Waals surface area contributed by atoms with Crippen molar-refractivity contribution in [3.8, 4) is 0 Å². The van der Waals surface area contributed by atoms with Crippen molar-refractivity contribution in [3.63, 3.8) is 0 Å². The van der Waals surface area contributed by atoms with Crippen molar-refractivity contribution >= 4 is 5.82 Å². The Labute approximate surface area is 109 Å². The largest absolute Gasteiger partial charge is 0.392 e. The van der Waals surface area contributed by atoms with Crippen molar-refractivity contribution in [1.82, 2.24) is 4.98 Å². The van der Waals surface area contributed by atoms with Crippen molar-refractivity contribution in [2.45, 2.75) is 32.8 Å². The minimum Gasteiger partial charge on any atom is -0.392 e. The van der Waals surface area contributed by atoms with E-state index in [4.69, 9.17) is 9.72 Å². The van der Waals surface area contributed by atoms with Crippen molar-refractivity contribution in [3.05, 3.63) is 23.4 Å². The van der Waals surface area contributed by atoms with Crippen LogP contribution in [0.3, 0.4) is 0 Å². The Hall–Kier alpha value is -1.13. The molecule has 0 amide bonds. The van der Waals surface area contributed by atoms with E-state index in [-0.39, 0.29) is 12.0 Å². The second-order valence-electron chi connectivity index (χ2n) is 5.73. The summed E-state index contributed by atoms with van der Waals surface area (Å²) >= 11 is 0. The number of ether oxygens (including phenoxy) is 1. The quantitative estimate of drug-likeness (QED) is 0.868. The van der Waals surface area contributed by atoms with E-state index in [1.807, 2.05) is 12.1 Å². The Morgan fingerprint density at radius 1 is 1.28 bits per heavy atom. The predicted octanol–water partition coefficient (Wildman–Crippen LogP) is 1.71. The third-order valence-electron chi connectivity index (χ3n) is 3.16. The summed E-state index contributed by atoms with van der Waals surface area (Å²) in [6, 6.07) is 3.96. The highest BCUT2D eigenvalue weighted by molar-refractivity contribution is 5.44. The van der Waals surface area contributed by atoms with Gasteiger partial charge in [-0.05, 0) is 17.7 Å². The van der Waals surface area contributed by atoms with E-state index in [0.717, 1.165) is 43.4 Å². The van der Waals surface area contributed by atoms with Gasteiger partial charge < -0.3 is 14.7 Å². The van der Waals surface area contributed by atoms with E-state index in [0.29, 0.717) is 0 Å². The van der Waals surface area contributed by atoms with Crippen molar-refractivity contribution in [2.24, 2.45) is 0 Å². The third-order valence-corrected chi connectivity index (χ3v) is 3.16. The zero-order valence-electron chi connectivity index (χ0n) is 11.4. The van der Waals surface area contributed by atoms with Crippen LogP contribution in [-0.4, -0.2) is 36.4 Å². The van der Waals surface area contributed by atoms with Crippen LogP contribution in [0.15, 0.2) is 12.1 Å². The molecule has 1 aliphatic heterocycles. The Balaban J connectivity index is 2.34. The van der Waals surface area contributed by atoms with Gasteiger partial charge in [0.15, 0.2) is 0 Å². The van der Waals surface area contributed by atoms with Gasteiger partial charge >= 0.3 is 0 Å². The molecule has 0 radical (unpaired) electrons. The van der Waals surface area contributed by atoms with Crippen LogP contribution in [0, 0.1) is 0 Å². The van der Waals surface area contributed by atoms with Gasteiger partial charge in [-0.15, -0.1) is 0 Å². The highest BCUT2D eigenvalue weighted by Crippen LogP contribution is 2.25. The molecule has 1 fully saturated rings. The van der Waals surface area contributed by atoms with Crippen LogP contribution in [0.4, 0.5) is 5.82 Å². The number of morpholine rings is 1. The lowest BCUT2D eigenvalue weighted by atomic mass is 9.91. The number of rotatable bonds is 2. The molecular weight excluding hydrogens is 228 g/mol. The van der Waals surface area contributed by atoms with Crippen LogP contribution >= 0.6 is 0 Å². The fraction of sp³-hybridized carbons (Fsp3) is 0.643. The van der Waals surface area contributed by atoms with Gasteiger partial charge in [-0.1, -0.05) is 20.8 Å². The maximum absolute atomic E-state index is 9.38. The number of aromatic nitrogens is 1. The van der Waals surface area contributed by atoms with Crippen LogP contribution in [0.5, 0.6) is 0 Å². The van der Waals surface area contributed by atoms with Crippen LogP contribution in [0.25, 0.3) is 0 Å². The first-order chi connectivity index (χ1) is 8.50. The lowest BCUT2D eigenvalue weighted by Crippen LogP contribution is -2.37. The number of nitrogens with zero attached hydrogens (tertiary/aromatic N) is 2. The molecule has 0 bridgehead atoms. The van der Waals surface area contributed by atoms with E-state index < -0.39 is 0 Å². The molecule has 4 nitrogen and oxygen atoms in total. The van der Waals surface area contributed by atoms with E-state index >= 15 is 0 Å². The van der Waals surface area contributed by atoms with Gasteiger partial charge in [0.1, 0.15) is 5.82 Å². The van der Waals surface area contributed by atoms with Crippen LogP contribution < -0.4 is 4.90 Å². The minimum atomic E-state index is -0.00772. The zero-order chi connectivity index (χ0) is 13.2. The molecule has 100 valence electrons. The van der Waals surface area contributed by atoms with E-state index in [1.54, 1.807) is 0 Å². The number of aliphatic hydroxyl groups excluding tert-OH is 1. The van der Waals surface area contributed by atoms with Gasteiger partial charge in [-0.3, -0.25) is 0 Å². The molecule has 4 heteroatoms. The maximum atomic E-state index is 9.38. The smallest absolute Gasteiger partial charge is 0.129 e. The van der Waals surface area contributed by atoms with Gasteiger partial charge in [0, 0.05) is 24.2 Å². The second-order valence-corrected chi connectivity index (χ2v) is 5.73. The van der Waals surface area contributed by atoms with Crippen molar-refractivity contribution < 1.29 is 9.84 Å².